The molecule has 0 aliphatic heterocycles. The SMILES string of the molecule is CC(=O)NC12CC(C(C)(C)C)(C1)C2.CC(C)(C)C12CC(C(=O)O)(C1)C2.CC(C)(C)C12CC(NC(=O)C(F)(F)F)(C1)C2.CC(C)(C)OC(=O)NC12CC(C(C)(C)C)(C1)C2. The highest BCUT2D eigenvalue weighted by Gasteiger charge is 2.76. The summed E-state index contributed by atoms with van der Waals surface area (Å²) in [7, 11) is 0. The van der Waals surface area contributed by atoms with Gasteiger partial charge in [0.25, 0.3) is 0 Å². The maximum atomic E-state index is 12.1. The molecule has 12 saturated carbocycles. The Hall–Kier alpha value is -2.53. The van der Waals surface area contributed by atoms with Gasteiger partial charge in [-0.1, -0.05) is 83.1 Å². The molecule has 0 atom stereocenters. The summed E-state index contributed by atoms with van der Waals surface area (Å²) >= 11 is 0. The Kier molecular flexibility index (Phi) is 10.4. The zero-order chi connectivity index (χ0) is 44.6. The molecule has 0 aromatic rings. The zero-order valence-corrected chi connectivity index (χ0v) is 38.6. The van der Waals surface area contributed by atoms with Gasteiger partial charge in [-0.05, 0) is 141 Å². The van der Waals surface area contributed by atoms with E-state index in [2.05, 4.69) is 99.0 Å². The molecule has 58 heavy (non-hydrogen) atoms. The van der Waals surface area contributed by atoms with E-state index in [1.807, 2.05) is 20.8 Å². The number of hydrogen-bond acceptors (Lipinski definition) is 5. The second kappa shape index (κ2) is 13.0. The number of rotatable bonds is 4. The minimum Gasteiger partial charge on any atom is -0.481 e. The van der Waals surface area contributed by atoms with Crippen LogP contribution in [0.5, 0.6) is 0 Å². The number of carboxylic acid groups (broad SMARTS) is 1. The molecular weight excluding hydrogens is 748 g/mol. The third-order valence-corrected chi connectivity index (χ3v) is 16.8. The quantitative estimate of drug-likeness (QED) is 0.223. The molecule has 3 amide bonds. The molecule has 8 bridgehead atoms. The fourth-order valence-corrected chi connectivity index (χ4v) is 12.2. The molecule has 0 aromatic heterocycles. The van der Waals surface area contributed by atoms with Crippen molar-refractivity contribution in [3.05, 3.63) is 0 Å². The van der Waals surface area contributed by atoms with Crippen molar-refractivity contribution in [3.63, 3.8) is 0 Å². The summed E-state index contributed by atoms with van der Waals surface area (Å²) in [6.07, 6.45) is 6.71. The van der Waals surface area contributed by atoms with Gasteiger partial charge in [-0.3, -0.25) is 14.4 Å². The number of halogens is 3. The molecule has 12 rings (SSSR count). The monoisotopic (exact) mass is 824 g/mol. The number of alkyl carbamates (subject to hydrolysis) is 1. The van der Waals surface area contributed by atoms with Crippen molar-refractivity contribution < 1.29 is 42.2 Å². The maximum absolute atomic E-state index is 12.1. The lowest BCUT2D eigenvalue weighted by Gasteiger charge is -2.75. The predicted molar refractivity (Wildman–Crippen MR) is 219 cm³/mol. The minimum absolute atomic E-state index is 0.0512. The van der Waals surface area contributed by atoms with Gasteiger partial charge in [0.1, 0.15) is 5.60 Å². The van der Waals surface area contributed by atoms with Gasteiger partial charge in [-0.2, -0.15) is 13.2 Å². The lowest BCUT2D eigenvalue weighted by molar-refractivity contribution is -0.259. The van der Waals surface area contributed by atoms with Crippen LogP contribution in [-0.4, -0.2) is 57.4 Å². The standard InChI is InChI=1S/C14H25NO2.C11H16F3NO.C11H19NO.C10H16O2/c1-11(2,3)13-7-14(8-13,9-13)15-10(16)17-12(4,5)6;1-8(2,3)9-4-10(5-9,6-9)15-7(16)11(12,13)14;1-8(13)12-11-5-10(6-11,7-11)9(2,3)4;1-8(2,3)10-4-9(5-10,6-10)7(11)12/h7-9H2,1-6H3,(H,15,16);4-6H2,1-3H3,(H,15,16);5-7H2,1-4H3,(H,12,13);4-6H2,1-3H3,(H,11,12). The van der Waals surface area contributed by atoms with E-state index in [4.69, 9.17) is 9.84 Å². The molecule has 0 spiro atoms. The first-order chi connectivity index (χ1) is 25.6. The highest BCUT2D eigenvalue weighted by molar-refractivity contribution is 5.83. The van der Waals surface area contributed by atoms with Gasteiger partial charge in [0.2, 0.25) is 5.91 Å². The van der Waals surface area contributed by atoms with E-state index in [0.29, 0.717) is 51.8 Å². The van der Waals surface area contributed by atoms with E-state index in [1.165, 1.54) is 19.3 Å². The van der Waals surface area contributed by atoms with E-state index in [1.54, 1.807) is 6.92 Å². The molecule has 12 heteroatoms. The smallest absolute Gasteiger partial charge is 0.471 e. The van der Waals surface area contributed by atoms with Crippen molar-refractivity contribution in [3.8, 4) is 0 Å². The first kappa shape index (κ1) is 46.5. The van der Waals surface area contributed by atoms with Crippen LogP contribution in [0, 0.1) is 48.7 Å². The molecule has 0 heterocycles. The summed E-state index contributed by atoms with van der Waals surface area (Å²) < 4.78 is 41.5. The summed E-state index contributed by atoms with van der Waals surface area (Å²) in [5.74, 6) is -2.24. The van der Waals surface area contributed by atoms with Crippen LogP contribution in [-0.2, 0) is 19.1 Å². The van der Waals surface area contributed by atoms with Crippen LogP contribution in [0.1, 0.15) is 188 Å². The van der Waals surface area contributed by atoms with E-state index in [9.17, 15) is 32.3 Å². The molecule has 12 aliphatic carbocycles. The molecule has 0 unspecified atom stereocenters. The third-order valence-electron chi connectivity index (χ3n) is 16.8. The molecule has 332 valence electrons. The van der Waals surface area contributed by atoms with E-state index >= 15 is 0 Å². The Labute approximate surface area is 346 Å². The predicted octanol–water partition coefficient (Wildman–Crippen LogP) is 10.5. The Morgan fingerprint density at radius 2 is 0.759 bits per heavy atom. The first-order valence-corrected chi connectivity index (χ1v) is 21.5. The number of ether oxygens (including phenoxy) is 1. The molecule has 9 nitrogen and oxygen atoms in total. The van der Waals surface area contributed by atoms with Gasteiger partial charge in [-0.15, -0.1) is 0 Å². The van der Waals surface area contributed by atoms with Crippen molar-refractivity contribution in [2.24, 2.45) is 48.7 Å². The molecule has 4 N–H and O–H groups in total. The van der Waals surface area contributed by atoms with Crippen LogP contribution in [0.4, 0.5) is 18.0 Å². The van der Waals surface area contributed by atoms with Crippen LogP contribution in [0.3, 0.4) is 0 Å². The van der Waals surface area contributed by atoms with Crippen molar-refractivity contribution in [1.29, 1.82) is 0 Å². The van der Waals surface area contributed by atoms with Crippen molar-refractivity contribution in [2.75, 3.05) is 0 Å². The molecule has 0 radical (unpaired) electrons. The van der Waals surface area contributed by atoms with Gasteiger partial charge in [0.15, 0.2) is 0 Å². The van der Waals surface area contributed by atoms with Gasteiger partial charge in [0.05, 0.1) is 5.41 Å². The Morgan fingerprint density at radius 3 is 1.00 bits per heavy atom. The van der Waals surface area contributed by atoms with Crippen LogP contribution < -0.4 is 16.0 Å². The van der Waals surface area contributed by atoms with Crippen LogP contribution in [0.15, 0.2) is 0 Å². The average Bonchev–Trinajstić information content (AvgIpc) is 2.77. The minimum atomic E-state index is -4.76. The third kappa shape index (κ3) is 7.79. The van der Waals surface area contributed by atoms with E-state index in [0.717, 1.165) is 38.5 Å². The summed E-state index contributed by atoms with van der Waals surface area (Å²) in [5, 5.41) is 17.2. The summed E-state index contributed by atoms with van der Waals surface area (Å²) in [6.45, 7) is 34.1. The summed E-state index contributed by atoms with van der Waals surface area (Å²) in [4.78, 5) is 44.3. The van der Waals surface area contributed by atoms with Crippen LogP contribution in [0.25, 0.3) is 0 Å². The highest BCUT2D eigenvalue weighted by Crippen LogP contribution is 2.79. The largest absolute Gasteiger partial charge is 0.481 e. The maximum Gasteiger partial charge on any atom is 0.471 e. The number of hydrogen-bond donors (Lipinski definition) is 4. The Bertz CT molecular complexity index is 1620. The van der Waals surface area contributed by atoms with E-state index in [-0.39, 0.29) is 39.3 Å². The summed E-state index contributed by atoms with van der Waals surface area (Å²) in [5.41, 5.74) is 1.67. The fraction of sp³-hybridized carbons (Fsp3) is 0.913. The molecule has 0 saturated heterocycles. The number of aliphatic carboxylic acids is 1. The second-order valence-electron chi connectivity index (χ2n) is 25.9. The fourth-order valence-electron chi connectivity index (χ4n) is 12.2. The molecular formula is C46H76F3N3O6. The molecule has 12 aliphatic rings. The number of carboxylic acids is 1. The Balaban J connectivity index is 0.000000149. The van der Waals surface area contributed by atoms with Gasteiger partial charge >= 0.3 is 24.1 Å². The number of amides is 3. The number of alkyl halides is 3. The Morgan fingerprint density at radius 1 is 0.483 bits per heavy atom. The van der Waals surface area contributed by atoms with Crippen LogP contribution >= 0.6 is 0 Å². The number of carbonyl (C=O) groups excluding carboxylic acids is 3. The molecule has 12 fully saturated rings. The number of nitrogens with one attached hydrogen (secondary N) is 3. The van der Waals surface area contributed by atoms with Crippen molar-refractivity contribution in [1.82, 2.24) is 16.0 Å². The number of carbonyl (C=O) groups is 4. The summed E-state index contributed by atoms with van der Waals surface area (Å²) in [6, 6.07) is 0. The normalized spacial score (nSPS) is 39.4. The topological polar surface area (TPSA) is 134 Å². The van der Waals surface area contributed by atoms with Crippen LogP contribution in [0.2, 0.25) is 0 Å². The van der Waals surface area contributed by atoms with Gasteiger partial charge in [0, 0.05) is 23.5 Å². The lowest BCUT2D eigenvalue weighted by atomic mass is 9.29. The van der Waals surface area contributed by atoms with Crippen molar-refractivity contribution >= 4 is 23.9 Å². The molecule has 0 aromatic carbocycles. The highest BCUT2D eigenvalue weighted by atomic mass is 19.4. The lowest BCUT2D eigenvalue weighted by Crippen LogP contribution is -2.78. The van der Waals surface area contributed by atoms with E-state index < -0.39 is 29.2 Å². The zero-order valence-electron chi connectivity index (χ0n) is 38.6. The van der Waals surface area contributed by atoms with Crippen molar-refractivity contribution in [2.45, 2.75) is 216 Å². The van der Waals surface area contributed by atoms with Gasteiger partial charge < -0.3 is 25.8 Å². The first-order valence-electron chi connectivity index (χ1n) is 21.5. The van der Waals surface area contributed by atoms with Gasteiger partial charge in [-0.25, -0.2) is 4.79 Å². The second-order valence-corrected chi connectivity index (χ2v) is 25.9. The average molecular weight is 824 g/mol.